The zero-order valence-electron chi connectivity index (χ0n) is 15.2. The topological polar surface area (TPSA) is 24.7 Å². The Balaban J connectivity index is 2.09. The van der Waals surface area contributed by atoms with Gasteiger partial charge in [-0.2, -0.15) is 10.2 Å². The summed E-state index contributed by atoms with van der Waals surface area (Å²) in [6.07, 6.45) is 21.3. The van der Waals surface area contributed by atoms with Gasteiger partial charge in [0.15, 0.2) is 0 Å². The molecule has 0 N–H and O–H groups in total. The van der Waals surface area contributed by atoms with Crippen molar-refractivity contribution in [2.75, 3.05) is 0 Å². The lowest BCUT2D eigenvalue weighted by molar-refractivity contribution is 0.250. The maximum atomic E-state index is 5.10. The Hall–Kier alpha value is -0.400. The van der Waals surface area contributed by atoms with Crippen LogP contribution in [0.15, 0.2) is 10.2 Å². The monoisotopic (exact) mass is 306 g/mol. The summed E-state index contributed by atoms with van der Waals surface area (Å²) in [5.41, 5.74) is 0.343. The Kier molecular flexibility index (Phi) is 7.37. The van der Waals surface area contributed by atoms with E-state index in [0.717, 1.165) is 0 Å². The molecule has 2 aliphatic rings. The second-order valence-corrected chi connectivity index (χ2v) is 7.89. The van der Waals surface area contributed by atoms with Crippen LogP contribution in [0.4, 0.5) is 0 Å². The van der Waals surface area contributed by atoms with Gasteiger partial charge in [0, 0.05) is 0 Å². The molecule has 0 aromatic rings. The summed E-state index contributed by atoms with van der Waals surface area (Å²) in [6, 6.07) is 0. The molecule has 0 aromatic carbocycles. The van der Waals surface area contributed by atoms with Crippen LogP contribution in [-0.2, 0) is 0 Å². The molecular weight excluding hydrogens is 268 g/mol. The fourth-order valence-corrected chi connectivity index (χ4v) is 4.39. The molecule has 0 saturated heterocycles. The molecule has 2 aliphatic carbocycles. The maximum Gasteiger partial charge on any atom is 0.0813 e. The van der Waals surface area contributed by atoms with Crippen molar-refractivity contribution < 1.29 is 0 Å². The molecule has 0 aromatic heterocycles. The molecular formula is C20H38N2. The van der Waals surface area contributed by atoms with E-state index in [4.69, 9.17) is 10.2 Å². The van der Waals surface area contributed by atoms with E-state index in [1.807, 2.05) is 0 Å². The summed E-state index contributed by atoms with van der Waals surface area (Å²) in [4.78, 5) is 0. The Labute approximate surface area is 138 Å². The second-order valence-electron chi connectivity index (χ2n) is 7.89. The molecule has 0 aliphatic heterocycles. The average Bonchev–Trinajstić information content (AvgIpc) is 2.49. The molecule has 2 fully saturated rings. The van der Waals surface area contributed by atoms with E-state index in [-0.39, 0.29) is 11.1 Å². The zero-order chi connectivity index (χ0) is 15.7. The fourth-order valence-electron chi connectivity index (χ4n) is 4.39. The lowest BCUT2D eigenvalue weighted by Crippen LogP contribution is -2.30. The first-order valence-corrected chi connectivity index (χ1v) is 10.2. The molecule has 0 bridgehead atoms. The highest BCUT2D eigenvalue weighted by Crippen LogP contribution is 2.37. The van der Waals surface area contributed by atoms with Crippen LogP contribution in [0.5, 0.6) is 0 Å². The average molecular weight is 307 g/mol. The quantitative estimate of drug-likeness (QED) is 0.490. The van der Waals surface area contributed by atoms with E-state index >= 15 is 0 Å². The van der Waals surface area contributed by atoms with Crippen molar-refractivity contribution in [3.63, 3.8) is 0 Å². The van der Waals surface area contributed by atoms with Gasteiger partial charge in [-0.25, -0.2) is 0 Å². The molecule has 2 saturated carbocycles. The van der Waals surface area contributed by atoms with Crippen LogP contribution < -0.4 is 0 Å². The minimum absolute atomic E-state index is 0.172. The molecule has 0 heterocycles. The van der Waals surface area contributed by atoms with Crippen LogP contribution >= 0.6 is 0 Å². The van der Waals surface area contributed by atoms with E-state index in [2.05, 4.69) is 13.8 Å². The van der Waals surface area contributed by atoms with E-state index in [9.17, 15) is 0 Å². The normalized spacial score (nSPS) is 26.8. The number of rotatable bonds is 4. The van der Waals surface area contributed by atoms with Crippen molar-refractivity contribution in [2.24, 2.45) is 10.2 Å². The van der Waals surface area contributed by atoms with Crippen molar-refractivity contribution in [1.29, 1.82) is 0 Å². The second kappa shape index (κ2) is 9.03. The van der Waals surface area contributed by atoms with Gasteiger partial charge in [-0.15, -0.1) is 0 Å². The molecule has 0 atom stereocenters. The van der Waals surface area contributed by atoms with Gasteiger partial charge in [-0.1, -0.05) is 78.1 Å². The number of azo groups is 1. The number of hydrogen-bond acceptors (Lipinski definition) is 2. The Morgan fingerprint density at radius 2 is 0.773 bits per heavy atom. The van der Waals surface area contributed by atoms with Crippen molar-refractivity contribution >= 4 is 0 Å². The van der Waals surface area contributed by atoms with E-state index < -0.39 is 0 Å². The summed E-state index contributed by atoms with van der Waals surface area (Å²) < 4.78 is 0. The van der Waals surface area contributed by atoms with Crippen LogP contribution in [0.1, 0.15) is 117 Å². The summed E-state index contributed by atoms with van der Waals surface area (Å²) in [6.45, 7) is 4.66. The van der Waals surface area contributed by atoms with Crippen LogP contribution in [0.2, 0.25) is 0 Å². The first kappa shape index (κ1) is 17.9. The largest absolute Gasteiger partial charge is 0.187 e. The summed E-state index contributed by atoms with van der Waals surface area (Å²) in [7, 11) is 0. The van der Waals surface area contributed by atoms with Gasteiger partial charge < -0.3 is 0 Å². The predicted octanol–water partition coefficient (Wildman–Crippen LogP) is 7.22. The standard InChI is InChI=1S/C20H38N2/c1-3-19(15-11-7-5-8-12-16-19)21-22-20(4-2)17-13-9-6-10-14-18-20/h3-18H2,1-2H3. The van der Waals surface area contributed by atoms with Gasteiger partial charge in [-0.05, 0) is 38.5 Å². The lowest BCUT2D eigenvalue weighted by atomic mass is 9.81. The van der Waals surface area contributed by atoms with Gasteiger partial charge in [0.2, 0.25) is 0 Å². The van der Waals surface area contributed by atoms with E-state index in [0.29, 0.717) is 0 Å². The summed E-state index contributed by atoms with van der Waals surface area (Å²) in [5, 5.41) is 10.2. The van der Waals surface area contributed by atoms with E-state index in [1.165, 1.54) is 103 Å². The molecule has 0 spiro atoms. The Bertz CT molecular complexity index is 287. The third kappa shape index (κ3) is 5.06. The van der Waals surface area contributed by atoms with Crippen LogP contribution in [-0.4, -0.2) is 11.1 Å². The predicted molar refractivity (Wildman–Crippen MR) is 95.5 cm³/mol. The number of nitrogens with zero attached hydrogens (tertiary/aromatic N) is 2. The minimum atomic E-state index is 0.172. The first-order chi connectivity index (χ1) is 10.7. The van der Waals surface area contributed by atoms with Crippen molar-refractivity contribution in [1.82, 2.24) is 0 Å². The highest BCUT2D eigenvalue weighted by Gasteiger charge is 2.32. The smallest absolute Gasteiger partial charge is 0.0813 e. The highest BCUT2D eigenvalue weighted by molar-refractivity contribution is 4.91. The highest BCUT2D eigenvalue weighted by atomic mass is 15.2. The van der Waals surface area contributed by atoms with Crippen molar-refractivity contribution in [3.8, 4) is 0 Å². The fraction of sp³-hybridized carbons (Fsp3) is 1.00. The van der Waals surface area contributed by atoms with Gasteiger partial charge in [0.1, 0.15) is 0 Å². The Morgan fingerprint density at radius 3 is 1.05 bits per heavy atom. The number of hydrogen-bond donors (Lipinski definition) is 0. The zero-order valence-corrected chi connectivity index (χ0v) is 15.2. The molecule has 2 rings (SSSR count). The van der Waals surface area contributed by atoms with Gasteiger partial charge in [-0.3, -0.25) is 0 Å². The molecule has 0 radical (unpaired) electrons. The summed E-state index contributed by atoms with van der Waals surface area (Å²) in [5.74, 6) is 0. The van der Waals surface area contributed by atoms with Crippen molar-refractivity contribution in [3.05, 3.63) is 0 Å². The Morgan fingerprint density at radius 1 is 0.500 bits per heavy atom. The van der Waals surface area contributed by atoms with E-state index in [1.54, 1.807) is 0 Å². The van der Waals surface area contributed by atoms with Crippen LogP contribution in [0, 0.1) is 0 Å². The van der Waals surface area contributed by atoms with Gasteiger partial charge >= 0.3 is 0 Å². The molecule has 2 heteroatoms. The SMILES string of the molecule is CCC1(N=NC2(CC)CCCCCCC2)CCCCCCC1. The van der Waals surface area contributed by atoms with Crippen molar-refractivity contribution in [2.45, 2.75) is 128 Å². The van der Waals surface area contributed by atoms with Gasteiger partial charge in [0.25, 0.3) is 0 Å². The third-order valence-corrected chi connectivity index (χ3v) is 6.36. The molecule has 0 amide bonds. The summed E-state index contributed by atoms with van der Waals surface area (Å²) >= 11 is 0. The minimum Gasteiger partial charge on any atom is -0.187 e. The molecule has 22 heavy (non-hydrogen) atoms. The lowest BCUT2D eigenvalue weighted by Gasteiger charge is -2.34. The maximum absolute atomic E-state index is 5.10. The van der Waals surface area contributed by atoms with Gasteiger partial charge in [0.05, 0.1) is 11.1 Å². The van der Waals surface area contributed by atoms with Crippen LogP contribution in [0.3, 0.4) is 0 Å². The molecule has 2 nitrogen and oxygen atoms in total. The molecule has 0 unspecified atom stereocenters. The van der Waals surface area contributed by atoms with Crippen LogP contribution in [0.25, 0.3) is 0 Å². The molecule has 128 valence electrons. The third-order valence-electron chi connectivity index (χ3n) is 6.36. The first-order valence-electron chi connectivity index (χ1n) is 10.2.